The number of aromatic nitrogens is 2. The van der Waals surface area contributed by atoms with Crippen molar-refractivity contribution in [3.63, 3.8) is 0 Å². The predicted molar refractivity (Wildman–Crippen MR) is 95.4 cm³/mol. The molecular formula is C17H23N5O3S. The standard InChI is InChI=1S/C17H23N5O3S/c18-14-8-10-22(11-9-14)26(23,24)21-15(12-4-2-1-3-5-12)16-19-17(25-20-16)13-6-7-13/h1-5,13-15,21H,6-11,18H2. The Morgan fingerprint density at radius 3 is 2.50 bits per heavy atom. The van der Waals surface area contributed by atoms with Crippen LogP contribution in [0, 0.1) is 0 Å². The van der Waals surface area contributed by atoms with Gasteiger partial charge in [0.15, 0.2) is 5.82 Å². The van der Waals surface area contributed by atoms with E-state index in [1.54, 1.807) is 0 Å². The van der Waals surface area contributed by atoms with Gasteiger partial charge in [-0.25, -0.2) is 0 Å². The normalized spacial score (nSPS) is 21.0. The number of nitrogens with zero attached hydrogens (tertiary/aromatic N) is 3. The summed E-state index contributed by atoms with van der Waals surface area (Å²) in [7, 11) is -3.69. The van der Waals surface area contributed by atoms with Crippen LogP contribution in [0.25, 0.3) is 0 Å². The van der Waals surface area contributed by atoms with Gasteiger partial charge in [-0.2, -0.15) is 22.4 Å². The second-order valence-corrected chi connectivity index (χ2v) is 8.67. The lowest BCUT2D eigenvalue weighted by Crippen LogP contribution is -2.48. The molecule has 1 saturated heterocycles. The van der Waals surface area contributed by atoms with E-state index in [0.717, 1.165) is 18.4 Å². The summed E-state index contributed by atoms with van der Waals surface area (Å²) in [6.07, 6.45) is 3.39. The molecule has 2 aromatic rings. The fraction of sp³-hybridized carbons (Fsp3) is 0.529. The van der Waals surface area contributed by atoms with Gasteiger partial charge in [0.05, 0.1) is 0 Å². The zero-order chi connectivity index (χ0) is 18.1. The Morgan fingerprint density at radius 2 is 1.85 bits per heavy atom. The lowest BCUT2D eigenvalue weighted by atomic mass is 10.1. The Balaban J connectivity index is 1.60. The molecule has 0 spiro atoms. The van der Waals surface area contributed by atoms with Crippen LogP contribution in [0.2, 0.25) is 0 Å². The van der Waals surface area contributed by atoms with Gasteiger partial charge in [-0.1, -0.05) is 35.5 Å². The number of piperidine rings is 1. The molecule has 4 rings (SSSR count). The molecule has 1 aromatic carbocycles. The summed E-state index contributed by atoms with van der Waals surface area (Å²) >= 11 is 0. The minimum atomic E-state index is -3.69. The summed E-state index contributed by atoms with van der Waals surface area (Å²) in [5, 5.41) is 4.04. The van der Waals surface area contributed by atoms with Gasteiger partial charge < -0.3 is 10.3 Å². The molecule has 1 unspecified atom stereocenters. The fourth-order valence-corrected chi connectivity index (χ4v) is 4.50. The lowest BCUT2D eigenvalue weighted by molar-refractivity contribution is 0.314. The third kappa shape index (κ3) is 3.80. The first kappa shape index (κ1) is 17.6. The van der Waals surface area contributed by atoms with Crippen molar-refractivity contribution in [1.29, 1.82) is 0 Å². The average Bonchev–Trinajstić information content (AvgIpc) is 3.38. The average molecular weight is 377 g/mol. The van der Waals surface area contributed by atoms with Gasteiger partial charge >= 0.3 is 0 Å². The van der Waals surface area contributed by atoms with Crippen molar-refractivity contribution in [2.24, 2.45) is 5.73 Å². The molecule has 8 nitrogen and oxygen atoms in total. The zero-order valence-electron chi connectivity index (χ0n) is 14.4. The Kier molecular flexibility index (Phi) is 4.78. The van der Waals surface area contributed by atoms with Gasteiger partial charge in [-0.05, 0) is 31.2 Å². The maximum atomic E-state index is 12.9. The monoisotopic (exact) mass is 377 g/mol. The van der Waals surface area contributed by atoms with Crippen LogP contribution in [-0.4, -0.2) is 42.0 Å². The van der Waals surface area contributed by atoms with E-state index >= 15 is 0 Å². The molecule has 0 amide bonds. The van der Waals surface area contributed by atoms with Crippen LogP contribution in [-0.2, 0) is 10.2 Å². The first-order valence-corrected chi connectivity index (χ1v) is 10.4. The molecule has 1 aliphatic heterocycles. The Hall–Kier alpha value is -1.81. The van der Waals surface area contributed by atoms with Crippen LogP contribution in [0.1, 0.15) is 54.9 Å². The van der Waals surface area contributed by atoms with Gasteiger partial charge in [-0.3, -0.25) is 0 Å². The van der Waals surface area contributed by atoms with E-state index in [4.69, 9.17) is 10.3 Å². The van der Waals surface area contributed by atoms with Gasteiger partial charge in [-0.15, -0.1) is 0 Å². The lowest BCUT2D eigenvalue weighted by Gasteiger charge is -2.30. The minimum absolute atomic E-state index is 0.0599. The zero-order valence-corrected chi connectivity index (χ0v) is 15.2. The maximum absolute atomic E-state index is 12.9. The van der Waals surface area contributed by atoms with Crippen LogP contribution in [0.4, 0.5) is 0 Å². The van der Waals surface area contributed by atoms with E-state index in [1.807, 2.05) is 30.3 Å². The molecule has 2 aliphatic rings. The number of rotatable bonds is 6. The molecule has 0 radical (unpaired) electrons. The highest BCUT2D eigenvalue weighted by atomic mass is 32.2. The van der Waals surface area contributed by atoms with Crippen molar-refractivity contribution in [3.05, 3.63) is 47.6 Å². The molecule has 0 bridgehead atoms. The van der Waals surface area contributed by atoms with Gasteiger partial charge in [0.1, 0.15) is 6.04 Å². The smallest absolute Gasteiger partial charge is 0.280 e. The third-order valence-electron chi connectivity index (χ3n) is 4.88. The summed E-state index contributed by atoms with van der Waals surface area (Å²) in [5.41, 5.74) is 6.66. The van der Waals surface area contributed by atoms with Crippen molar-refractivity contribution >= 4 is 10.2 Å². The fourth-order valence-electron chi connectivity index (χ4n) is 3.12. The molecule has 140 valence electrons. The van der Waals surface area contributed by atoms with Crippen LogP contribution in [0.5, 0.6) is 0 Å². The van der Waals surface area contributed by atoms with Crippen LogP contribution in [0.15, 0.2) is 34.9 Å². The molecular weight excluding hydrogens is 354 g/mol. The van der Waals surface area contributed by atoms with Gasteiger partial charge in [0.2, 0.25) is 5.89 Å². The second kappa shape index (κ2) is 7.07. The van der Waals surface area contributed by atoms with Crippen LogP contribution < -0.4 is 10.5 Å². The molecule has 1 aromatic heterocycles. The highest BCUT2D eigenvalue weighted by Gasteiger charge is 2.34. The summed E-state index contributed by atoms with van der Waals surface area (Å²) in [6.45, 7) is 0.829. The van der Waals surface area contributed by atoms with Crippen molar-refractivity contribution in [2.45, 2.75) is 43.7 Å². The number of nitrogens with two attached hydrogens (primary N) is 1. The van der Waals surface area contributed by atoms with Crippen molar-refractivity contribution in [2.75, 3.05) is 13.1 Å². The molecule has 3 N–H and O–H groups in total. The largest absolute Gasteiger partial charge is 0.339 e. The molecule has 9 heteroatoms. The molecule has 1 aliphatic carbocycles. The quantitative estimate of drug-likeness (QED) is 0.784. The Morgan fingerprint density at radius 1 is 1.15 bits per heavy atom. The summed E-state index contributed by atoms with van der Waals surface area (Å²) in [4.78, 5) is 4.45. The second-order valence-electron chi connectivity index (χ2n) is 6.97. The molecule has 1 atom stereocenters. The van der Waals surface area contributed by atoms with Crippen LogP contribution >= 0.6 is 0 Å². The SMILES string of the molecule is NC1CCN(S(=O)(=O)NC(c2ccccc2)c2noc(C3CC3)n2)CC1. The first-order valence-electron chi connectivity index (χ1n) is 8.94. The number of nitrogens with one attached hydrogen (secondary N) is 1. The highest BCUT2D eigenvalue weighted by Crippen LogP contribution is 2.39. The van der Waals surface area contributed by atoms with E-state index in [2.05, 4.69) is 14.9 Å². The van der Waals surface area contributed by atoms with Crippen molar-refractivity contribution in [1.82, 2.24) is 19.2 Å². The number of hydrogen-bond donors (Lipinski definition) is 2. The molecule has 26 heavy (non-hydrogen) atoms. The van der Waals surface area contributed by atoms with E-state index in [-0.39, 0.29) is 6.04 Å². The van der Waals surface area contributed by atoms with Crippen molar-refractivity contribution < 1.29 is 12.9 Å². The number of benzene rings is 1. The Labute approximate surface area is 152 Å². The third-order valence-corrected chi connectivity index (χ3v) is 6.46. The van der Waals surface area contributed by atoms with Crippen molar-refractivity contribution in [3.8, 4) is 0 Å². The highest BCUT2D eigenvalue weighted by molar-refractivity contribution is 7.87. The molecule has 2 heterocycles. The van der Waals surface area contributed by atoms with E-state index in [9.17, 15) is 8.42 Å². The first-order chi connectivity index (χ1) is 12.5. The summed E-state index contributed by atoms with van der Waals surface area (Å²) < 4.78 is 35.3. The van der Waals surface area contributed by atoms with Gasteiger partial charge in [0.25, 0.3) is 10.2 Å². The summed E-state index contributed by atoms with van der Waals surface area (Å²) in [6, 6.07) is 8.68. The molecule has 1 saturated carbocycles. The topological polar surface area (TPSA) is 114 Å². The van der Waals surface area contributed by atoms with E-state index in [0.29, 0.717) is 43.6 Å². The number of hydrogen-bond acceptors (Lipinski definition) is 6. The summed E-state index contributed by atoms with van der Waals surface area (Å²) in [5.74, 6) is 1.24. The Bertz CT molecular complexity index is 842. The minimum Gasteiger partial charge on any atom is -0.339 e. The van der Waals surface area contributed by atoms with E-state index < -0.39 is 16.3 Å². The van der Waals surface area contributed by atoms with Crippen LogP contribution in [0.3, 0.4) is 0 Å². The van der Waals surface area contributed by atoms with E-state index in [1.165, 1.54) is 4.31 Å². The molecule has 2 fully saturated rings. The van der Waals surface area contributed by atoms with Gasteiger partial charge in [0, 0.05) is 25.0 Å². The maximum Gasteiger partial charge on any atom is 0.280 e. The predicted octanol–water partition coefficient (Wildman–Crippen LogP) is 1.29.